The van der Waals surface area contributed by atoms with Crippen LogP contribution in [0.15, 0.2) is 53.0 Å². The lowest BCUT2D eigenvalue weighted by molar-refractivity contribution is -0.140. The van der Waals surface area contributed by atoms with Crippen LogP contribution in [0.5, 0.6) is 0 Å². The Morgan fingerprint density at radius 1 is 0.862 bits per heavy atom. The highest BCUT2D eigenvalue weighted by atomic mass is 79.9. The van der Waals surface area contributed by atoms with Crippen LogP contribution < -0.4 is 0 Å². The molecule has 29 heavy (non-hydrogen) atoms. The van der Waals surface area contributed by atoms with Crippen molar-refractivity contribution < 1.29 is 19.2 Å². The van der Waals surface area contributed by atoms with Crippen molar-refractivity contribution in [3.63, 3.8) is 0 Å². The zero-order valence-corrected chi connectivity index (χ0v) is 17.1. The summed E-state index contributed by atoms with van der Waals surface area (Å²) in [4.78, 5) is 51.5. The summed E-state index contributed by atoms with van der Waals surface area (Å²) in [6, 6.07) is 13.6. The van der Waals surface area contributed by atoms with E-state index in [1.807, 2.05) is 0 Å². The molecular formula is C21H18BrN3O4. The summed E-state index contributed by atoms with van der Waals surface area (Å²) >= 11 is 3.34. The highest BCUT2D eigenvalue weighted by Gasteiger charge is 2.36. The van der Waals surface area contributed by atoms with Gasteiger partial charge in [-0.15, -0.1) is 0 Å². The number of carbonyl (C=O) groups is 4. The number of rotatable bonds is 4. The normalized spacial score (nSPS) is 15.8. The number of hydrogen-bond acceptors (Lipinski definition) is 4. The summed E-state index contributed by atoms with van der Waals surface area (Å²) in [7, 11) is 0. The van der Waals surface area contributed by atoms with Crippen LogP contribution in [-0.2, 0) is 4.79 Å². The molecule has 0 N–H and O–H groups in total. The average Bonchev–Trinajstić information content (AvgIpc) is 3.31. The van der Waals surface area contributed by atoms with Crippen LogP contribution in [0.2, 0.25) is 0 Å². The Bertz CT molecular complexity index is 970. The highest BCUT2D eigenvalue weighted by molar-refractivity contribution is 9.10. The molecule has 0 unspecified atom stereocenters. The Morgan fingerprint density at radius 2 is 1.45 bits per heavy atom. The van der Waals surface area contributed by atoms with E-state index in [1.165, 1.54) is 10.0 Å². The van der Waals surface area contributed by atoms with Gasteiger partial charge in [0.2, 0.25) is 5.91 Å². The number of imide groups is 1. The molecule has 8 heteroatoms. The lowest BCUT2D eigenvalue weighted by atomic mass is 10.1. The number of benzene rings is 2. The van der Waals surface area contributed by atoms with Crippen molar-refractivity contribution in [1.82, 2.24) is 14.9 Å². The number of carbonyl (C=O) groups excluding carboxylic acids is 4. The van der Waals surface area contributed by atoms with Crippen LogP contribution in [-0.4, -0.2) is 58.2 Å². The molecule has 0 bridgehead atoms. The maximum Gasteiger partial charge on any atom is 0.272 e. The number of amides is 4. The van der Waals surface area contributed by atoms with Gasteiger partial charge in [0, 0.05) is 36.1 Å². The minimum absolute atomic E-state index is 0.0119. The molecule has 0 aliphatic carbocycles. The SMILES string of the molecule is O=C1c2ccccc2C(=O)N1CCC(=O)N1CCCN1C(=O)c1ccc(Br)cc1. The van der Waals surface area contributed by atoms with Crippen molar-refractivity contribution >= 4 is 39.6 Å². The standard InChI is InChI=1S/C21H18BrN3O4/c22-15-8-6-14(7-9-15)19(27)25-12-3-11-24(25)18(26)10-13-23-20(28)16-4-1-2-5-17(16)21(23)29/h1-2,4-9H,3,10-13H2. The smallest absolute Gasteiger partial charge is 0.272 e. The quantitative estimate of drug-likeness (QED) is 0.663. The Morgan fingerprint density at radius 3 is 2.07 bits per heavy atom. The van der Waals surface area contributed by atoms with Gasteiger partial charge in [-0.05, 0) is 42.8 Å². The topological polar surface area (TPSA) is 78.0 Å². The lowest BCUT2D eigenvalue weighted by Crippen LogP contribution is -2.46. The number of fused-ring (bicyclic) bond motifs is 1. The summed E-state index contributed by atoms with van der Waals surface area (Å²) in [6.45, 7) is 0.874. The maximum atomic E-state index is 12.8. The van der Waals surface area contributed by atoms with Crippen LogP contribution in [0.1, 0.15) is 43.9 Å². The van der Waals surface area contributed by atoms with E-state index in [-0.39, 0.29) is 36.6 Å². The zero-order chi connectivity index (χ0) is 20.5. The largest absolute Gasteiger partial charge is 0.274 e. The fraction of sp³-hybridized carbons (Fsp3) is 0.238. The molecule has 2 aromatic rings. The molecule has 4 amide bonds. The maximum absolute atomic E-state index is 12.8. The van der Waals surface area contributed by atoms with Gasteiger partial charge in [0.05, 0.1) is 11.1 Å². The molecular weight excluding hydrogens is 438 g/mol. The van der Waals surface area contributed by atoms with Crippen LogP contribution in [0.4, 0.5) is 0 Å². The second-order valence-corrected chi connectivity index (χ2v) is 7.78. The van der Waals surface area contributed by atoms with Gasteiger partial charge in [0.15, 0.2) is 0 Å². The molecule has 2 aliphatic heterocycles. The monoisotopic (exact) mass is 455 g/mol. The van der Waals surface area contributed by atoms with Crippen LogP contribution >= 0.6 is 15.9 Å². The van der Waals surface area contributed by atoms with Crippen LogP contribution in [0.3, 0.4) is 0 Å². The van der Waals surface area contributed by atoms with Gasteiger partial charge >= 0.3 is 0 Å². The summed E-state index contributed by atoms with van der Waals surface area (Å²) in [5, 5.41) is 2.86. The van der Waals surface area contributed by atoms with Gasteiger partial charge < -0.3 is 0 Å². The summed E-state index contributed by atoms with van der Waals surface area (Å²) in [5.41, 5.74) is 1.21. The van der Waals surface area contributed by atoms with Crippen molar-refractivity contribution in [2.24, 2.45) is 0 Å². The average molecular weight is 456 g/mol. The van der Waals surface area contributed by atoms with Gasteiger partial charge in [0.1, 0.15) is 0 Å². The highest BCUT2D eigenvalue weighted by Crippen LogP contribution is 2.23. The second-order valence-electron chi connectivity index (χ2n) is 6.86. The number of hydrogen-bond donors (Lipinski definition) is 0. The molecule has 0 aromatic heterocycles. The van der Waals surface area contributed by atoms with E-state index in [1.54, 1.807) is 48.5 Å². The predicted molar refractivity (Wildman–Crippen MR) is 108 cm³/mol. The van der Waals surface area contributed by atoms with Gasteiger partial charge in [0.25, 0.3) is 17.7 Å². The van der Waals surface area contributed by atoms with E-state index in [0.29, 0.717) is 36.2 Å². The summed E-state index contributed by atoms with van der Waals surface area (Å²) in [6.07, 6.45) is 0.649. The third kappa shape index (κ3) is 3.55. The molecule has 148 valence electrons. The van der Waals surface area contributed by atoms with Gasteiger partial charge in [-0.25, -0.2) is 5.01 Å². The molecule has 7 nitrogen and oxygen atoms in total. The molecule has 0 spiro atoms. The molecule has 2 heterocycles. The Kier molecular flexibility index (Phi) is 5.19. The molecule has 2 aliphatic rings. The minimum Gasteiger partial charge on any atom is -0.274 e. The third-order valence-corrected chi connectivity index (χ3v) is 5.60. The van der Waals surface area contributed by atoms with E-state index < -0.39 is 0 Å². The first kappa shape index (κ1) is 19.3. The van der Waals surface area contributed by atoms with E-state index >= 15 is 0 Å². The lowest BCUT2D eigenvalue weighted by Gasteiger charge is -2.28. The van der Waals surface area contributed by atoms with Crippen LogP contribution in [0.25, 0.3) is 0 Å². The molecule has 0 radical (unpaired) electrons. The Balaban J connectivity index is 1.42. The number of hydrazine groups is 1. The van der Waals surface area contributed by atoms with E-state index in [9.17, 15) is 19.2 Å². The van der Waals surface area contributed by atoms with Gasteiger partial charge in [-0.2, -0.15) is 0 Å². The fourth-order valence-corrected chi connectivity index (χ4v) is 3.87. The summed E-state index contributed by atoms with van der Waals surface area (Å²) < 4.78 is 0.865. The number of nitrogens with zero attached hydrogens (tertiary/aromatic N) is 3. The van der Waals surface area contributed by atoms with Gasteiger partial charge in [-0.3, -0.25) is 29.1 Å². The summed E-state index contributed by atoms with van der Waals surface area (Å²) in [5.74, 6) is -1.31. The van der Waals surface area contributed by atoms with E-state index in [4.69, 9.17) is 0 Å². The van der Waals surface area contributed by atoms with Crippen molar-refractivity contribution in [2.75, 3.05) is 19.6 Å². The van der Waals surface area contributed by atoms with Crippen LogP contribution in [0, 0.1) is 0 Å². The van der Waals surface area contributed by atoms with Crippen molar-refractivity contribution in [1.29, 1.82) is 0 Å². The first-order valence-corrected chi connectivity index (χ1v) is 10.1. The third-order valence-electron chi connectivity index (χ3n) is 5.07. The molecule has 0 saturated carbocycles. The van der Waals surface area contributed by atoms with Gasteiger partial charge in [-0.1, -0.05) is 28.1 Å². The molecule has 2 aromatic carbocycles. The second kappa shape index (κ2) is 7.79. The predicted octanol–water partition coefficient (Wildman–Crippen LogP) is 2.72. The van der Waals surface area contributed by atoms with E-state index in [2.05, 4.69) is 15.9 Å². The Hall–Kier alpha value is -3.00. The van der Waals surface area contributed by atoms with E-state index in [0.717, 1.165) is 9.37 Å². The first-order valence-electron chi connectivity index (χ1n) is 9.30. The number of halogens is 1. The molecule has 0 atom stereocenters. The van der Waals surface area contributed by atoms with Crippen molar-refractivity contribution in [2.45, 2.75) is 12.8 Å². The fourth-order valence-electron chi connectivity index (χ4n) is 3.60. The zero-order valence-electron chi connectivity index (χ0n) is 15.5. The Labute approximate surface area is 176 Å². The molecule has 4 rings (SSSR count). The first-order chi connectivity index (χ1) is 14.0. The molecule has 1 saturated heterocycles. The minimum atomic E-state index is -0.386. The molecule has 1 fully saturated rings. The van der Waals surface area contributed by atoms with Crippen molar-refractivity contribution in [3.05, 3.63) is 69.7 Å². The van der Waals surface area contributed by atoms with Crippen molar-refractivity contribution in [3.8, 4) is 0 Å².